The maximum absolute atomic E-state index is 4.36. The van der Waals surface area contributed by atoms with E-state index in [9.17, 15) is 0 Å². The molecule has 0 spiro atoms. The Morgan fingerprint density at radius 1 is 1.27 bits per heavy atom. The molecular weight excluding hydrogens is 190 g/mol. The minimum absolute atomic E-state index is 0.729. The third-order valence-corrected chi connectivity index (χ3v) is 2.10. The number of nitrogens with one attached hydrogen (secondary N) is 1. The van der Waals surface area contributed by atoms with Gasteiger partial charge < -0.3 is 5.32 Å². The van der Waals surface area contributed by atoms with Gasteiger partial charge in [-0.05, 0) is 19.9 Å². The summed E-state index contributed by atoms with van der Waals surface area (Å²) in [5.74, 6) is 1.47. The molecule has 5 nitrogen and oxygen atoms in total. The zero-order valence-corrected chi connectivity index (χ0v) is 9.02. The second-order valence-corrected chi connectivity index (χ2v) is 3.35. The van der Waals surface area contributed by atoms with Gasteiger partial charge in [-0.15, -0.1) is 0 Å². The lowest BCUT2D eigenvalue weighted by molar-refractivity contribution is 0.800. The molecule has 2 heterocycles. The van der Waals surface area contributed by atoms with Crippen molar-refractivity contribution in [2.75, 3.05) is 12.4 Å². The van der Waals surface area contributed by atoms with Crippen molar-refractivity contribution in [1.29, 1.82) is 0 Å². The number of aromatic nitrogens is 4. The highest BCUT2D eigenvalue weighted by molar-refractivity contribution is 5.35. The summed E-state index contributed by atoms with van der Waals surface area (Å²) >= 11 is 0. The number of anilines is 1. The number of aryl methyl sites for hydroxylation is 2. The van der Waals surface area contributed by atoms with Crippen LogP contribution < -0.4 is 5.32 Å². The maximum Gasteiger partial charge on any atom is 0.174 e. The molecule has 0 aromatic carbocycles. The average molecular weight is 203 g/mol. The Bertz CT molecular complexity index is 474. The number of nitrogens with zero attached hydrogens (tertiary/aromatic N) is 4. The average Bonchev–Trinajstić information content (AvgIpc) is 2.58. The van der Waals surface area contributed by atoms with Crippen molar-refractivity contribution >= 4 is 5.82 Å². The third-order valence-electron chi connectivity index (χ3n) is 2.10. The van der Waals surface area contributed by atoms with Gasteiger partial charge in [0.05, 0.1) is 18.1 Å². The van der Waals surface area contributed by atoms with E-state index in [0.717, 1.165) is 23.0 Å². The molecule has 0 aliphatic heterocycles. The van der Waals surface area contributed by atoms with Gasteiger partial charge in [-0.3, -0.25) is 4.98 Å². The van der Waals surface area contributed by atoms with Gasteiger partial charge in [0.2, 0.25) is 0 Å². The van der Waals surface area contributed by atoms with E-state index in [0.29, 0.717) is 0 Å². The Balaban J connectivity index is 2.49. The van der Waals surface area contributed by atoms with Crippen LogP contribution in [-0.4, -0.2) is 26.8 Å². The molecule has 2 rings (SSSR count). The molecule has 5 heteroatoms. The van der Waals surface area contributed by atoms with Crippen LogP contribution in [0, 0.1) is 13.8 Å². The maximum atomic E-state index is 4.36. The molecule has 0 aliphatic carbocycles. The normalized spacial score (nSPS) is 10.3. The van der Waals surface area contributed by atoms with Crippen molar-refractivity contribution in [2.45, 2.75) is 13.8 Å². The zero-order chi connectivity index (χ0) is 10.8. The summed E-state index contributed by atoms with van der Waals surface area (Å²) in [6, 6.07) is 2.01. The standard InChI is InChI=1S/C10H13N5/c1-7-4-8(2)15(14-7)10-6-12-5-9(11-3)13-10/h4-6H,1-3H3,(H,11,13). The van der Waals surface area contributed by atoms with Crippen LogP contribution in [0.25, 0.3) is 5.82 Å². The predicted molar refractivity (Wildman–Crippen MR) is 58.2 cm³/mol. The topological polar surface area (TPSA) is 55.6 Å². The van der Waals surface area contributed by atoms with Crippen LogP contribution in [0.1, 0.15) is 11.4 Å². The van der Waals surface area contributed by atoms with Gasteiger partial charge in [-0.2, -0.15) is 5.10 Å². The number of rotatable bonds is 2. The highest BCUT2D eigenvalue weighted by atomic mass is 15.3. The molecule has 0 saturated heterocycles. The molecule has 0 unspecified atom stereocenters. The first-order chi connectivity index (χ1) is 7.20. The molecular formula is C10H13N5. The Kier molecular flexibility index (Phi) is 2.37. The van der Waals surface area contributed by atoms with Crippen LogP contribution in [-0.2, 0) is 0 Å². The summed E-state index contributed by atoms with van der Waals surface area (Å²) in [5.41, 5.74) is 2.03. The molecule has 0 amide bonds. The summed E-state index contributed by atoms with van der Waals surface area (Å²) in [6.45, 7) is 3.95. The predicted octanol–water partition coefficient (Wildman–Crippen LogP) is 1.32. The molecule has 0 radical (unpaired) electrons. The number of hydrogen-bond acceptors (Lipinski definition) is 4. The lowest BCUT2D eigenvalue weighted by atomic mass is 10.4. The smallest absolute Gasteiger partial charge is 0.174 e. The van der Waals surface area contributed by atoms with Crippen LogP contribution in [0.5, 0.6) is 0 Å². The first-order valence-corrected chi connectivity index (χ1v) is 4.74. The van der Waals surface area contributed by atoms with E-state index in [1.165, 1.54) is 0 Å². The van der Waals surface area contributed by atoms with Gasteiger partial charge in [-0.25, -0.2) is 9.67 Å². The Hall–Kier alpha value is -1.91. The van der Waals surface area contributed by atoms with Crippen LogP contribution in [0.3, 0.4) is 0 Å². The van der Waals surface area contributed by atoms with E-state index in [2.05, 4.69) is 20.4 Å². The van der Waals surface area contributed by atoms with Crippen LogP contribution in [0.2, 0.25) is 0 Å². The van der Waals surface area contributed by atoms with E-state index < -0.39 is 0 Å². The summed E-state index contributed by atoms with van der Waals surface area (Å²) in [5, 5.41) is 7.29. The SMILES string of the molecule is CNc1cncc(-n2nc(C)cc2C)n1. The van der Waals surface area contributed by atoms with Gasteiger partial charge in [0.15, 0.2) is 5.82 Å². The summed E-state index contributed by atoms with van der Waals surface area (Å²) in [7, 11) is 1.81. The van der Waals surface area contributed by atoms with Crippen LogP contribution >= 0.6 is 0 Å². The van der Waals surface area contributed by atoms with E-state index in [4.69, 9.17) is 0 Å². The van der Waals surface area contributed by atoms with E-state index in [-0.39, 0.29) is 0 Å². The lowest BCUT2D eigenvalue weighted by Gasteiger charge is -2.04. The first kappa shape index (κ1) is 9.64. The molecule has 0 atom stereocenters. The van der Waals surface area contributed by atoms with Gasteiger partial charge in [0.1, 0.15) is 5.82 Å². The summed E-state index contributed by atoms with van der Waals surface area (Å²) < 4.78 is 1.78. The van der Waals surface area contributed by atoms with E-state index in [1.54, 1.807) is 17.1 Å². The van der Waals surface area contributed by atoms with Gasteiger partial charge >= 0.3 is 0 Å². The molecule has 78 valence electrons. The fourth-order valence-electron chi connectivity index (χ4n) is 1.44. The molecule has 15 heavy (non-hydrogen) atoms. The van der Waals surface area contributed by atoms with Crippen molar-refractivity contribution < 1.29 is 0 Å². The lowest BCUT2D eigenvalue weighted by Crippen LogP contribution is -2.04. The third kappa shape index (κ3) is 1.81. The molecule has 0 aliphatic rings. The Morgan fingerprint density at radius 3 is 2.67 bits per heavy atom. The molecule has 0 fully saturated rings. The Morgan fingerprint density at radius 2 is 2.07 bits per heavy atom. The fourth-order valence-corrected chi connectivity index (χ4v) is 1.44. The van der Waals surface area contributed by atoms with Crippen molar-refractivity contribution in [3.8, 4) is 5.82 Å². The molecule has 0 bridgehead atoms. The fraction of sp³-hybridized carbons (Fsp3) is 0.300. The quantitative estimate of drug-likeness (QED) is 0.799. The molecule has 2 aromatic rings. The van der Waals surface area contributed by atoms with Crippen molar-refractivity contribution in [2.24, 2.45) is 0 Å². The summed E-state index contributed by atoms with van der Waals surface area (Å²) in [4.78, 5) is 8.46. The van der Waals surface area contributed by atoms with E-state index in [1.807, 2.05) is 27.0 Å². The molecule has 1 N–H and O–H groups in total. The van der Waals surface area contributed by atoms with Gasteiger partial charge in [0.25, 0.3) is 0 Å². The van der Waals surface area contributed by atoms with Crippen LogP contribution in [0.4, 0.5) is 5.82 Å². The Labute approximate surface area is 88.2 Å². The van der Waals surface area contributed by atoms with Crippen molar-refractivity contribution in [3.05, 3.63) is 29.8 Å². The van der Waals surface area contributed by atoms with Gasteiger partial charge in [0, 0.05) is 12.7 Å². The van der Waals surface area contributed by atoms with Crippen LogP contribution in [0.15, 0.2) is 18.5 Å². The number of hydrogen-bond donors (Lipinski definition) is 1. The second kappa shape index (κ2) is 3.68. The highest BCUT2D eigenvalue weighted by Gasteiger charge is 2.05. The van der Waals surface area contributed by atoms with Crippen molar-refractivity contribution in [3.63, 3.8) is 0 Å². The van der Waals surface area contributed by atoms with E-state index >= 15 is 0 Å². The minimum atomic E-state index is 0.729. The molecule has 0 saturated carbocycles. The highest BCUT2D eigenvalue weighted by Crippen LogP contribution is 2.10. The second-order valence-electron chi connectivity index (χ2n) is 3.35. The van der Waals surface area contributed by atoms with Crippen molar-refractivity contribution in [1.82, 2.24) is 19.7 Å². The first-order valence-electron chi connectivity index (χ1n) is 4.74. The monoisotopic (exact) mass is 203 g/mol. The molecule has 2 aromatic heterocycles. The minimum Gasteiger partial charge on any atom is -0.372 e. The zero-order valence-electron chi connectivity index (χ0n) is 9.02. The summed E-state index contributed by atoms with van der Waals surface area (Å²) in [6.07, 6.45) is 3.37. The van der Waals surface area contributed by atoms with Gasteiger partial charge in [-0.1, -0.05) is 0 Å². The largest absolute Gasteiger partial charge is 0.372 e.